The van der Waals surface area contributed by atoms with Crippen molar-refractivity contribution in [3.63, 3.8) is 0 Å². The van der Waals surface area contributed by atoms with Crippen LogP contribution in [0.4, 0.5) is 5.82 Å². The van der Waals surface area contributed by atoms with Crippen LogP contribution in [0.15, 0.2) is 48.5 Å². The number of hydrogen-bond acceptors (Lipinski definition) is 4. The fourth-order valence-corrected chi connectivity index (χ4v) is 5.16. The summed E-state index contributed by atoms with van der Waals surface area (Å²) in [6, 6.07) is 16.2. The van der Waals surface area contributed by atoms with Gasteiger partial charge in [0.2, 0.25) is 5.91 Å². The lowest BCUT2D eigenvalue weighted by molar-refractivity contribution is -0.116. The highest BCUT2D eigenvalue weighted by Crippen LogP contribution is 2.39. The van der Waals surface area contributed by atoms with E-state index in [1.807, 2.05) is 24.3 Å². The van der Waals surface area contributed by atoms with E-state index >= 15 is 0 Å². The molecular weight excluding hydrogens is 410 g/mol. The molecule has 0 atom stereocenters. The molecule has 1 saturated carbocycles. The second-order valence-electron chi connectivity index (χ2n) is 9.27. The summed E-state index contributed by atoms with van der Waals surface area (Å²) in [7, 11) is 0. The number of benzene rings is 2. The van der Waals surface area contributed by atoms with Crippen LogP contribution in [0.2, 0.25) is 0 Å². The van der Waals surface area contributed by atoms with Crippen molar-refractivity contribution in [2.45, 2.75) is 70.3 Å². The Morgan fingerprint density at radius 3 is 2.58 bits per heavy atom. The first-order chi connectivity index (χ1) is 16.2. The lowest BCUT2D eigenvalue weighted by atomic mass is 9.85. The third kappa shape index (κ3) is 4.83. The third-order valence-corrected chi connectivity index (χ3v) is 6.97. The Labute approximate surface area is 195 Å². The number of aryl methyl sites for hydroxylation is 3. The highest BCUT2D eigenvalue weighted by atomic mass is 16.3. The first-order valence-corrected chi connectivity index (χ1v) is 12.2. The van der Waals surface area contributed by atoms with Gasteiger partial charge in [-0.3, -0.25) is 4.79 Å². The third-order valence-electron chi connectivity index (χ3n) is 6.97. The zero-order chi connectivity index (χ0) is 22.6. The number of fused-ring (bicyclic) bond motifs is 3. The fourth-order valence-electron chi connectivity index (χ4n) is 5.16. The minimum Gasteiger partial charge on any atom is -0.392 e. The van der Waals surface area contributed by atoms with Crippen molar-refractivity contribution < 1.29 is 9.90 Å². The van der Waals surface area contributed by atoms with E-state index in [9.17, 15) is 9.90 Å². The second-order valence-corrected chi connectivity index (χ2v) is 9.27. The molecule has 3 aromatic rings. The summed E-state index contributed by atoms with van der Waals surface area (Å²) in [5.41, 5.74) is 7.27. The second kappa shape index (κ2) is 9.84. The number of carbonyl (C=O) groups is 1. The van der Waals surface area contributed by atoms with E-state index in [0.717, 1.165) is 59.5 Å². The highest BCUT2D eigenvalue weighted by molar-refractivity contribution is 5.90. The molecule has 0 unspecified atom stereocenters. The van der Waals surface area contributed by atoms with E-state index in [0.29, 0.717) is 24.6 Å². The molecule has 0 radical (unpaired) electrons. The van der Waals surface area contributed by atoms with Crippen molar-refractivity contribution in [2.24, 2.45) is 0 Å². The van der Waals surface area contributed by atoms with Gasteiger partial charge in [-0.2, -0.15) is 0 Å². The number of carbonyl (C=O) groups excluding carboxylic acids is 1. The molecule has 0 spiro atoms. The molecule has 1 fully saturated rings. The number of nitrogens with zero attached hydrogens (tertiary/aromatic N) is 2. The van der Waals surface area contributed by atoms with Crippen LogP contribution >= 0.6 is 0 Å². The van der Waals surface area contributed by atoms with Gasteiger partial charge in [0.15, 0.2) is 5.82 Å². The SMILES string of the molecule is O=C(CCc1ccccc1)Nc1nc2c(nc1C1CCCCC1)-c1ccc(CO)cc1CC2. The minimum absolute atomic E-state index is 0.00559. The van der Waals surface area contributed by atoms with Crippen molar-refractivity contribution in [1.82, 2.24) is 9.97 Å². The smallest absolute Gasteiger partial charge is 0.225 e. The molecule has 1 aromatic heterocycles. The van der Waals surface area contributed by atoms with Gasteiger partial charge < -0.3 is 10.4 Å². The first-order valence-electron chi connectivity index (χ1n) is 12.2. The van der Waals surface area contributed by atoms with Crippen molar-refractivity contribution in [2.75, 3.05) is 5.32 Å². The molecule has 1 heterocycles. The molecular formula is C28H31N3O2. The largest absolute Gasteiger partial charge is 0.392 e. The Hall–Kier alpha value is -3.05. The summed E-state index contributed by atoms with van der Waals surface area (Å²) >= 11 is 0. The number of aliphatic hydroxyl groups excluding tert-OH is 1. The maximum atomic E-state index is 12.9. The van der Waals surface area contributed by atoms with Gasteiger partial charge in [0.1, 0.15) is 0 Å². The molecule has 1 amide bonds. The van der Waals surface area contributed by atoms with Crippen molar-refractivity contribution in [1.29, 1.82) is 0 Å². The normalized spacial score (nSPS) is 15.5. The molecule has 0 aliphatic heterocycles. The van der Waals surface area contributed by atoms with Crippen LogP contribution in [0.25, 0.3) is 11.3 Å². The zero-order valence-corrected chi connectivity index (χ0v) is 19.0. The Morgan fingerprint density at radius 1 is 0.970 bits per heavy atom. The van der Waals surface area contributed by atoms with E-state index in [2.05, 4.69) is 29.6 Å². The standard InChI is InChI=1S/C28H31N3O2/c32-18-20-11-14-23-22(17-20)13-15-24-27(23)31-26(21-9-5-2-6-10-21)28(29-24)30-25(33)16-12-19-7-3-1-4-8-19/h1,3-4,7-8,11,14,17,21,32H,2,5-6,9-10,12-13,15-16,18H2,(H,29,30,33). The van der Waals surface area contributed by atoms with Gasteiger partial charge in [-0.15, -0.1) is 0 Å². The van der Waals surface area contributed by atoms with Gasteiger partial charge in [-0.1, -0.05) is 67.8 Å². The Bertz CT molecular complexity index is 1140. The number of rotatable bonds is 6. The number of nitrogens with one attached hydrogen (secondary N) is 1. The molecule has 170 valence electrons. The van der Waals surface area contributed by atoms with Gasteiger partial charge in [0, 0.05) is 17.9 Å². The van der Waals surface area contributed by atoms with Gasteiger partial charge in [0.25, 0.3) is 0 Å². The number of anilines is 1. The van der Waals surface area contributed by atoms with Crippen molar-refractivity contribution >= 4 is 11.7 Å². The molecule has 0 saturated heterocycles. The Kier molecular flexibility index (Phi) is 6.49. The predicted octanol–water partition coefficient (Wildman–Crippen LogP) is 5.35. The quantitative estimate of drug-likeness (QED) is 0.540. The zero-order valence-electron chi connectivity index (χ0n) is 19.0. The predicted molar refractivity (Wildman–Crippen MR) is 130 cm³/mol. The Balaban J connectivity index is 1.45. The fraction of sp³-hybridized carbons (Fsp3) is 0.393. The van der Waals surface area contributed by atoms with E-state index in [-0.39, 0.29) is 12.5 Å². The molecule has 2 N–H and O–H groups in total. The summed E-state index contributed by atoms with van der Waals surface area (Å²) in [5, 5.41) is 12.6. The van der Waals surface area contributed by atoms with E-state index in [1.165, 1.54) is 24.8 Å². The van der Waals surface area contributed by atoms with E-state index < -0.39 is 0 Å². The van der Waals surface area contributed by atoms with Gasteiger partial charge in [0.05, 0.1) is 23.7 Å². The summed E-state index contributed by atoms with van der Waals surface area (Å²) in [6.07, 6.45) is 8.65. The van der Waals surface area contributed by atoms with Crippen LogP contribution in [0, 0.1) is 0 Å². The maximum Gasteiger partial charge on any atom is 0.225 e. The molecule has 2 aliphatic rings. The Morgan fingerprint density at radius 2 is 1.79 bits per heavy atom. The lowest BCUT2D eigenvalue weighted by Crippen LogP contribution is -2.21. The van der Waals surface area contributed by atoms with Crippen LogP contribution in [0.3, 0.4) is 0 Å². The molecule has 5 rings (SSSR count). The van der Waals surface area contributed by atoms with Crippen molar-refractivity contribution in [3.05, 3.63) is 76.6 Å². The number of aliphatic hydroxyl groups is 1. The van der Waals surface area contributed by atoms with Crippen LogP contribution in [-0.4, -0.2) is 21.0 Å². The van der Waals surface area contributed by atoms with Crippen molar-refractivity contribution in [3.8, 4) is 11.3 Å². The monoisotopic (exact) mass is 441 g/mol. The van der Waals surface area contributed by atoms with Gasteiger partial charge in [-0.05, 0) is 48.8 Å². The van der Waals surface area contributed by atoms with E-state index in [1.54, 1.807) is 0 Å². The summed E-state index contributed by atoms with van der Waals surface area (Å²) in [6.45, 7) is 0.0487. The average molecular weight is 442 g/mol. The molecule has 0 bridgehead atoms. The average Bonchev–Trinajstić information content (AvgIpc) is 2.87. The topological polar surface area (TPSA) is 75.1 Å². The molecule has 2 aromatic carbocycles. The highest BCUT2D eigenvalue weighted by Gasteiger charge is 2.27. The maximum absolute atomic E-state index is 12.9. The summed E-state index contributed by atoms with van der Waals surface area (Å²) < 4.78 is 0. The number of amides is 1. The molecule has 5 heteroatoms. The summed E-state index contributed by atoms with van der Waals surface area (Å²) in [5.74, 6) is 0.992. The van der Waals surface area contributed by atoms with Crippen LogP contribution in [0.5, 0.6) is 0 Å². The lowest BCUT2D eigenvalue weighted by Gasteiger charge is -2.26. The van der Waals surface area contributed by atoms with Crippen LogP contribution in [-0.2, 0) is 30.7 Å². The molecule has 5 nitrogen and oxygen atoms in total. The first kappa shape index (κ1) is 21.8. The minimum atomic E-state index is -0.00559. The number of aromatic nitrogens is 2. The molecule has 33 heavy (non-hydrogen) atoms. The van der Waals surface area contributed by atoms with Gasteiger partial charge >= 0.3 is 0 Å². The van der Waals surface area contributed by atoms with E-state index in [4.69, 9.17) is 9.97 Å². The summed E-state index contributed by atoms with van der Waals surface area (Å²) in [4.78, 5) is 23.0. The van der Waals surface area contributed by atoms with Crippen LogP contribution < -0.4 is 5.32 Å². The van der Waals surface area contributed by atoms with Crippen LogP contribution in [0.1, 0.15) is 72.5 Å². The van der Waals surface area contributed by atoms with Gasteiger partial charge in [-0.25, -0.2) is 9.97 Å². The molecule has 2 aliphatic carbocycles. The number of hydrogen-bond donors (Lipinski definition) is 2.